The van der Waals surface area contributed by atoms with Crippen molar-refractivity contribution in [1.82, 2.24) is 9.97 Å². The lowest BCUT2D eigenvalue weighted by Gasteiger charge is -2.25. The van der Waals surface area contributed by atoms with Crippen molar-refractivity contribution in [2.75, 3.05) is 23.8 Å². The summed E-state index contributed by atoms with van der Waals surface area (Å²) < 4.78 is 0.975. The number of halogens is 2. The average molecular weight is 384 g/mol. The van der Waals surface area contributed by atoms with Gasteiger partial charge in [0.1, 0.15) is 5.02 Å². The van der Waals surface area contributed by atoms with Gasteiger partial charge in [-0.2, -0.15) is 4.98 Å². The zero-order valence-corrected chi connectivity index (χ0v) is 14.4. The van der Waals surface area contributed by atoms with Gasteiger partial charge >= 0.3 is 0 Å². The maximum absolute atomic E-state index is 9.43. The first-order valence-corrected chi connectivity index (χ1v) is 8.08. The number of anilines is 3. The summed E-state index contributed by atoms with van der Waals surface area (Å²) in [6.45, 7) is 2.93. The predicted molar refractivity (Wildman–Crippen MR) is 91.7 cm³/mol. The first kappa shape index (κ1) is 15.5. The maximum Gasteiger partial charge on any atom is 0.222 e. The molecule has 2 heterocycles. The predicted octanol–water partition coefficient (Wildman–Crippen LogP) is 3.27. The molecule has 1 aliphatic heterocycles. The summed E-state index contributed by atoms with van der Waals surface area (Å²) in [4.78, 5) is 10.2. The van der Waals surface area contributed by atoms with E-state index in [2.05, 4.69) is 38.9 Å². The van der Waals surface area contributed by atoms with E-state index >= 15 is 0 Å². The van der Waals surface area contributed by atoms with Gasteiger partial charge in [-0.1, -0.05) is 40.5 Å². The Labute approximate surface area is 142 Å². The quantitative estimate of drug-likeness (QED) is 0.851. The average Bonchev–Trinajstić information content (AvgIpc) is 2.75. The van der Waals surface area contributed by atoms with Crippen LogP contribution in [0.2, 0.25) is 5.02 Å². The highest BCUT2D eigenvalue weighted by Gasteiger charge is 2.40. The van der Waals surface area contributed by atoms with Gasteiger partial charge in [-0.15, -0.1) is 0 Å². The number of nitrogen functional groups attached to an aromatic ring is 1. The van der Waals surface area contributed by atoms with Crippen molar-refractivity contribution in [3.05, 3.63) is 39.5 Å². The summed E-state index contributed by atoms with van der Waals surface area (Å²) in [6.07, 6.45) is 2.18. The van der Waals surface area contributed by atoms with E-state index in [-0.39, 0.29) is 18.0 Å². The second kappa shape index (κ2) is 5.68. The molecule has 5 nitrogen and oxygen atoms in total. The summed E-state index contributed by atoms with van der Waals surface area (Å²) in [5.41, 5.74) is 7.73. The van der Waals surface area contributed by atoms with Gasteiger partial charge in [-0.05, 0) is 24.1 Å². The zero-order chi connectivity index (χ0) is 15.9. The highest BCUT2D eigenvalue weighted by atomic mass is 79.9. The number of aromatic nitrogens is 2. The lowest BCUT2D eigenvalue weighted by molar-refractivity contribution is 0.251. The Morgan fingerprint density at radius 3 is 3.00 bits per heavy atom. The minimum absolute atomic E-state index is 0.124. The SMILES string of the molecule is CC1(CCO)CN(c2nc(N)ncc2Cl)c2cc(Br)ccc21. The summed E-state index contributed by atoms with van der Waals surface area (Å²) in [5, 5.41) is 9.88. The molecule has 7 heteroatoms. The minimum atomic E-state index is -0.173. The molecule has 2 aromatic rings. The Morgan fingerprint density at radius 2 is 2.27 bits per heavy atom. The molecule has 0 saturated carbocycles. The van der Waals surface area contributed by atoms with E-state index in [1.165, 1.54) is 6.20 Å². The Morgan fingerprint density at radius 1 is 1.50 bits per heavy atom. The molecule has 22 heavy (non-hydrogen) atoms. The van der Waals surface area contributed by atoms with Crippen LogP contribution in [0.25, 0.3) is 0 Å². The number of aliphatic hydroxyl groups is 1. The fraction of sp³-hybridized carbons (Fsp3) is 0.333. The van der Waals surface area contributed by atoms with Crippen LogP contribution in [0, 0.1) is 0 Å². The number of nitrogens with two attached hydrogens (primary N) is 1. The van der Waals surface area contributed by atoms with Crippen molar-refractivity contribution >= 4 is 45.0 Å². The molecule has 3 N–H and O–H groups in total. The lowest BCUT2D eigenvalue weighted by Crippen LogP contribution is -2.30. The van der Waals surface area contributed by atoms with Crippen LogP contribution in [-0.2, 0) is 5.41 Å². The van der Waals surface area contributed by atoms with Gasteiger partial charge in [0, 0.05) is 28.7 Å². The third-order valence-electron chi connectivity index (χ3n) is 4.07. The van der Waals surface area contributed by atoms with Gasteiger partial charge in [0.2, 0.25) is 5.95 Å². The minimum Gasteiger partial charge on any atom is -0.396 e. The molecule has 116 valence electrons. The second-order valence-electron chi connectivity index (χ2n) is 5.68. The molecule has 1 aromatic carbocycles. The van der Waals surface area contributed by atoms with Gasteiger partial charge in [-0.3, -0.25) is 0 Å². The fourth-order valence-corrected chi connectivity index (χ4v) is 3.51. The Bertz CT molecular complexity index is 727. The van der Waals surface area contributed by atoms with Crippen LogP contribution in [0.3, 0.4) is 0 Å². The molecule has 0 spiro atoms. The van der Waals surface area contributed by atoms with Crippen LogP contribution in [0.1, 0.15) is 18.9 Å². The number of aliphatic hydroxyl groups excluding tert-OH is 1. The highest BCUT2D eigenvalue weighted by molar-refractivity contribution is 9.10. The molecule has 0 bridgehead atoms. The molecular weight excluding hydrogens is 368 g/mol. The summed E-state index contributed by atoms with van der Waals surface area (Å²) in [7, 11) is 0. The van der Waals surface area contributed by atoms with E-state index in [0.717, 1.165) is 15.7 Å². The molecule has 3 rings (SSSR count). The summed E-state index contributed by atoms with van der Waals surface area (Å²) >= 11 is 9.78. The number of benzene rings is 1. The molecule has 0 fully saturated rings. The van der Waals surface area contributed by atoms with Gasteiger partial charge in [0.05, 0.1) is 6.20 Å². The van der Waals surface area contributed by atoms with Gasteiger partial charge in [0.25, 0.3) is 0 Å². The summed E-state index contributed by atoms with van der Waals surface area (Å²) in [5.74, 6) is 0.780. The Hall–Kier alpha value is -1.37. The van der Waals surface area contributed by atoms with Crippen molar-refractivity contribution in [1.29, 1.82) is 0 Å². The van der Waals surface area contributed by atoms with Crippen LogP contribution in [0.4, 0.5) is 17.5 Å². The van der Waals surface area contributed by atoms with Gasteiger partial charge in [-0.25, -0.2) is 4.98 Å². The van der Waals surface area contributed by atoms with E-state index in [0.29, 0.717) is 23.8 Å². The van der Waals surface area contributed by atoms with Crippen LogP contribution >= 0.6 is 27.5 Å². The zero-order valence-electron chi connectivity index (χ0n) is 12.1. The monoisotopic (exact) mass is 382 g/mol. The van der Waals surface area contributed by atoms with Gasteiger partial charge < -0.3 is 15.7 Å². The number of hydrogen-bond acceptors (Lipinski definition) is 5. The summed E-state index contributed by atoms with van der Waals surface area (Å²) in [6, 6.07) is 6.12. The van der Waals surface area contributed by atoms with Gasteiger partial charge in [0.15, 0.2) is 5.82 Å². The maximum atomic E-state index is 9.43. The molecule has 1 atom stereocenters. The van der Waals surface area contributed by atoms with Crippen LogP contribution in [0.5, 0.6) is 0 Å². The van der Waals surface area contributed by atoms with E-state index < -0.39 is 0 Å². The van der Waals surface area contributed by atoms with Crippen molar-refractivity contribution in [2.24, 2.45) is 0 Å². The van der Waals surface area contributed by atoms with E-state index in [4.69, 9.17) is 17.3 Å². The van der Waals surface area contributed by atoms with Crippen molar-refractivity contribution in [3.63, 3.8) is 0 Å². The first-order chi connectivity index (χ1) is 10.4. The molecule has 0 radical (unpaired) electrons. The van der Waals surface area contributed by atoms with E-state index in [9.17, 15) is 5.11 Å². The molecule has 0 saturated heterocycles. The number of hydrogen-bond donors (Lipinski definition) is 2. The molecule has 0 aliphatic carbocycles. The fourth-order valence-electron chi connectivity index (χ4n) is 2.97. The Balaban J connectivity index is 2.15. The third-order valence-corrected chi connectivity index (χ3v) is 4.83. The van der Waals surface area contributed by atoms with E-state index in [1.807, 2.05) is 17.0 Å². The largest absolute Gasteiger partial charge is 0.396 e. The number of fused-ring (bicyclic) bond motifs is 1. The second-order valence-corrected chi connectivity index (χ2v) is 7.00. The molecule has 1 aliphatic rings. The first-order valence-electron chi connectivity index (χ1n) is 6.91. The normalized spacial score (nSPS) is 20.3. The number of rotatable bonds is 3. The van der Waals surface area contributed by atoms with Crippen molar-refractivity contribution in [3.8, 4) is 0 Å². The molecular formula is C15H16BrClN4O. The van der Waals surface area contributed by atoms with Crippen LogP contribution in [0.15, 0.2) is 28.9 Å². The topological polar surface area (TPSA) is 75.3 Å². The smallest absolute Gasteiger partial charge is 0.222 e. The number of nitrogens with zero attached hydrogens (tertiary/aromatic N) is 3. The third kappa shape index (κ3) is 2.55. The van der Waals surface area contributed by atoms with Crippen LogP contribution in [-0.4, -0.2) is 28.2 Å². The lowest BCUT2D eigenvalue weighted by atomic mass is 9.82. The standard InChI is InChI=1S/C15H16BrClN4O/c1-15(4-5-22)8-21(12-6-9(16)2-3-10(12)15)13-11(17)7-19-14(18)20-13/h2-3,6-7,22H,4-5,8H2,1H3,(H2,18,19,20). The van der Waals surface area contributed by atoms with Crippen molar-refractivity contribution in [2.45, 2.75) is 18.8 Å². The molecule has 0 amide bonds. The molecule has 1 aromatic heterocycles. The Kier molecular flexibility index (Phi) is 4.01. The van der Waals surface area contributed by atoms with Crippen molar-refractivity contribution < 1.29 is 5.11 Å². The highest BCUT2D eigenvalue weighted by Crippen LogP contribution is 2.47. The van der Waals surface area contributed by atoms with E-state index in [1.54, 1.807) is 0 Å². The molecule has 1 unspecified atom stereocenters. The van der Waals surface area contributed by atoms with Crippen LogP contribution < -0.4 is 10.6 Å².